The van der Waals surface area contributed by atoms with Crippen LogP contribution in [0.15, 0.2) is 78.9 Å². The van der Waals surface area contributed by atoms with Crippen LogP contribution >= 0.6 is 7.82 Å². The molecule has 1 N–H and O–H groups in total. The monoisotopic (exact) mass is 656 g/mol. The van der Waals surface area contributed by atoms with Gasteiger partial charge in [0, 0.05) is 12.1 Å². The summed E-state index contributed by atoms with van der Waals surface area (Å²) in [6.07, 6.45) is -0.411. The van der Waals surface area contributed by atoms with E-state index in [0.717, 1.165) is 0 Å². The predicted octanol–water partition coefficient (Wildman–Crippen LogP) is 7.54. The van der Waals surface area contributed by atoms with Gasteiger partial charge in [-0.15, -0.1) is 0 Å². The van der Waals surface area contributed by atoms with Crippen molar-refractivity contribution >= 4 is 25.6 Å². The zero-order valence-corrected chi connectivity index (χ0v) is 27.6. The number of nitro benzene ring substituents is 1. The maximum absolute atomic E-state index is 13.8. The Hall–Kier alpha value is -4.25. The molecule has 2 atom stereocenters. The molecule has 3 rings (SSSR count). The number of hydrogen-bond acceptors (Lipinski definition) is 10. The number of benzene rings is 3. The average Bonchev–Trinajstić information content (AvgIpc) is 3.00. The molecule has 3 aromatic rings. The first-order chi connectivity index (χ1) is 21.8. The van der Waals surface area contributed by atoms with E-state index in [4.69, 9.17) is 23.0 Å². The normalized spacial score (nSPS) is 12.9. The van der Waals surface area contributed by atoms with Gasteiger partial charge in [-0.2, -0.15) is 0 Å². The Morgan fingerprint density at radius 3 is 1.98 bits per heavy atom. The van der Waals surface area contributed by atoms with Crippen molar-refractivity contribution in [2.75, 3.05) is 6.61 Å². The number of carbonyl (C=O) groups excluding carboxylic acids is 2. The van der Waals surface area contributed by atoms with Crippen molar-refractivity contribution in [2.24, 2.45) is 5.92 Å². The molecule has 13 heteroatoms. The molecule has 0 saturated carbocycles. The highest BCUT2D eigenvalue weighted by Gasteiger charge is 2.33. The average molecular weight is 657 g/mol. The quantitative estimate of drug-likeness (QED) is 0.0708. The van der Waals surface area contributed by atoms with E-state index in [-0.39, 0.29) is 38.4 Å². The van der Waals surface area contributed by atoms with E-state index in [0.29, 0.717) is 16.7 Å². The highest BCUT2D eigenvalue weighted by atomic mass is 31.2. The second-order valence-electron chi connectivity index (χ2n) is 11.6. The van der Waals surface area contributed by atoms with Gasteiger partial charge in [0.1, 0.15) is 5.60 Å². The molecule has 1 amide bonds. The first kappa shape index (κ1) is 36.2. The summed E-state index contributed by atoms with van der Waals surface area (Å²) in [5.74, 6) is -1.34. The molecular formula is C33H41N2O10P. The van der Waals surface area contributed by atoms with E-state index >= 15 is 0 Å². The number of nitrogens with one attached hydrogen (secondary N) is 1. The van der Waals surface area contributed by atoms with Crippen molar-refractivity contribution in [1.29, 1.82) is 0 Å². The number of ether oxygens (including phenoxy) is 2. The molecule has 0 aliphatic heterocycles. The van der Waals surface area contributed by atoms with Crippen molar-refractivity contribution in [1.82, 2.24) is 5.32 Å². The zero-order valence-electron chi connectivity index (χ0n) is 26.7. The molecular weight excluding hydrogens is 615 g/mol. The van der Waals surface area contributed by atoms with Gasteiger partial charge < -0.3 is 19.3 Å². The second-order valence-corrected chi connectivity index (χ2v) is 13.1. The molecule has 12 nitrogen and oxygen atoms in total. The van der Waals surface area contributed by atoms with Crippen LogP contribution in [0.4, 0.5) is 10.5 Å². The molecule has 0 radical (unpaired) electrons. The summed E-state index contributed by atoms with van der Waals surface area (Å²) in [5.41, 5.74) is 0.582. The largest absolute Gasteiger partial charge is 0.530 e. The van der Waals surface area contributed by atoms with Gasteiger partial charge in [-0.3, -0.25) is 24.0 Å². The van der Waals surface area contributed by atoms with E-state index in [1.54, 1.807) is 89.2 Å². The van der Waals surface area contributed by atoms with Gasteiger partial charge in [0.15, 0.2) is 0 Å². The van der Waals surface area contributed by atoms with Gasteiger partial charge in [-0.1, -0.05) is 73.7 Å². The third kappa shape index (κ3) is 12.3. The topological polar surface area (TPSA) is 153 Å². The summed E-state index contributed by atoms with van der Waals surface area (Å²) >= 11 is 0. The van der Waals surface area contributed by atoms with Gasteiger partial charge in [-0.25, -0.2) is 9.36 Å². The zero-order chi connectivity index (χ0) is 33.7. The lowest BCUT2D eigenvalue weighted by Gasteiger charge is -2.25. The first-order valence-electron chi connectivity index (χ1n) is 14.9. The molecule has 1 unspecified atom stereocenters. The minimum absolute atomic E-state index is 0.108. The maximum Gasteiger partial charge on any atom is 0.530 e. The number of hydrogen-bond donors (Lipinski definition) is 1. The van der Waals surface area contributed by atoms with Crippen LogP contribution in [0.2, 0.25) is 0 Å². The molecule has 0 aliphatic rings. The van der Waals surface area contributed by atoms with Gasteiger partial charge in [-0.05, 0) is 63.3 Å². The van der Waals surface area contributed by atoms with Crippen molar-refractivity contribution in [3.8, 4) is 5.75 Å². The molecule has 0 aromatic heterocycles. The molecule has 248 valence electrons. The number of phosphoric acid groups is 1. The lowest BCUT2D eigenvalue weighted by atomic mass is 9.96. The third-order valence-corrected chi connectivity index (χ3v) is 7.74. The van der Waals surface area contributed by atoms with E-state index in [2.05, 4.69) is 5.32 Å². The molecule has 3 aromatic carbocycles. The van der Waals surface area contributed by atoms with Gasteiger partial charge in [0.05, 0.1) is 30.7 Å². The van der Waals surface area contributed by atoms with Crippen molar-refractivity contribution in [3.05, 3.63) is 106 Å². The summed E-state index contributed by atoms with van der Waals surface area (Å²) in [5, 5.41) is 14.9. The Morgan fingerprint density at radius 2 is 1.48 bits per heavy atom. The molecule has 46 heavy (non-hydrogen) atoms. The molecule has 0 fully saturated rings. The highest BCUT2D eigenvalue weighted by molar-refractivity contribution is 7.48. The Labute approximate surface area is 269 Å². The van der Waals surface area contributed by atoms with Crippen molar-refractivity contribution in [3.63, 3.8) is 0 Å². The third-order valence-electron chi connectivity index (χ3n) is 6.42. The Bertz CT molecular complexity index is 1450. The van der Waals surface area contributed by atoms with Gasteiger partial charge >= 0.3 is 25.6 Å². The summed E-state index contributed by atoms with van der Waals surface area (Å²) in [4.78, 5) is 36.5. The number of nitrogens with zero attached hydrogens (tertiary/aromatic N) is 1. The Balaban J connectivity index is 1.86. The lowest BCUT2D eigenvalue weighted by molar-refractivity contribution is -0.385. The lowest BCUT2D eigenvalue weighted by Crippen LogP contribution is -2.41. The number of amides is 1. The summed E-state index contributed by atoms with van der Waals surface area (Å²) in [6, 6.07) is 21.3. The van der Waals surface area contributed by atoms with Crippen LogP contribution in [0, 0.1) is 16.0 Å². The fourth-order valence-electron chi connectivity index (χ4n) is 4.34. The van der Waals surface area contributed by atoms with Gasteiger partial charge in [0.2, 0.25) is 5.75 Å². The molecule has 0 bridgehead atoms. The summed E-state index contributed by atoms with van der Waals surface area (Å²) < 4.78 is 41.3. The SMILES string of the molecule is CCOC(=O)C(C)C[C@H](Cc1ccc(OP(=O)(OCc2ccccc2)OCc2ccccc2)c([N+](=O)[O-])c1)NC(=O)OC(C)(C)C. The minimum Gasteiger partial charge on any atom is -0.466 e. The van der Waals surface area contributed by atoms with Crippen LogP contribution in [0.25, 0.3) is 0 Å². The van der Waals surface area contributed by atoms with Gasteiger partial charge in [0.25, 0.3) is 0 Å². The number of esters is 1. The van der Waals surface area contributed by atoms with Crippen LogP contribution < -0.4 is 9.84 Å². The number of nitro groups is 1. The van der Waals surface area contributed by atoms with Crippen molar-refractivity contribution < 1.29 is 42.1 Å². The van der Waals surface area contributed by atoms with Crippen LogP contribution in [0.5, 0.6) is 5.75 Å². The summed E-state index contributed by atoms with van der Waals surface area (Å²) in [7, 11) is -4.39. The van der Waals surface area contributed by atoms with E-state index in [1.807, 2.05) is 12.1 Å². The smallest absolute Gasteiger partial charge is 0.466 e. The van der Waals surface area contributed by atoms with Crippen molar-refractivity contribution in [2.45, 2.75) is 72.3 Å². The van der Waals surface area contributed by atoms with Crippen LogP contribution in [0.1, 0.15) is 57.7 Å². The number of carbonyl (C=O) groups is 2. The summed E-state index contributed by atoms with van der Waals surface area (Å²) in [6.45, 7) is 8.47. The number of phosphoric ester groups is 1. The molecule has 0 spiro atoms. The van der Waals surface area contributed by atoms with E-state index < -0.39 is 48.1 Å². The van der Waals surface area contributed by atoms with Crippen LogP contribution in [-0.2, 0) is 47.5 Å². The number of alkyl carbamates (subject to hydrolysis) is 1. The van der Waals surface area contributed by atoms with E-state index in [9.17, 15) is 24.3 Å². The maximum atomic E-state index is 13.8. The Morgan fingerprint density at radius 1 is 0.913 bits per heavy atom. The molecule has 0 aliphatic carbocycles. The first-order valence-corrected chi connectivity index (χ1v) is 16.3. The highest BCUT2D eigenvalue weighted by Crippen LogP contribution is 2.52. The minimum atomic E-state index is -4.39. The second kappa shape index (κ2) is 16.9. The van der Waals surface area contributed by atoms with Crippen LogP contribution in [0.3, 0.4) is 0 Å². The Kier molecular flexibility index (Phi) is 13.3. The fraction of sp³-hybridized carbons (Fsp3) is 0.394. The predicted molar refractivity (Wildman–Crippen MR) is 171 cm³/mol. The number of rotatable bonds is 16. The van der Waals surface area contributed by atoms with Crippen LogP contribution in [-0.4, -0.2) is 35.2 Å². The van der Waals surface area contributed by atoms with E-state index in [1.165, 1.54) is 12.1 Å². The standard InChI is InChI=1S/C33H41N2O10P/c1-6-41-31(36)24(2)19-28(34-32(37)44-33(3,4)5)20-27-17-18-30(29(21-27)35(38)39)45-46(40,42-22-25-13-9-7-10-14-25)43-23-26-15-11-8-12-16-26/h7-18,21,24,28H,6,19-20,22-23H2,1-5H3,(H,34,37)/t24?,28-/m1/s1. The molecule has 0 heterocycles. The molecule has 0 saturated heterocycles. The fourth-order valence-corrected chi connectivity index (χ4v) is 5.53.